The summed E-state index contributed by atoms with van der Waals surface area (Å²) in [5.41, 5.74) is 1.19. The van der Waals surface area contributed by atoms with Crippen molar-refractivity contribution in [2.45, 2.75) is 24.4 Å². The lowest BCUT2D eigenvalue weighted by molar-refractivity contribution is -0.117. The first-order valence-corrected chi connectivity index (χ1v) is 7.61. The molecule has 116 valence electrons. The Balaban J connectivity index is 2.28. The molecule has 0 aliphatic carbocycles. The molecule has 0 radical (unpaired) electrons. The van der Waals surface area contributed by atoms with E-state index in [1.54, 1.807) is 12.1 Å². The second-order valence-electron chi connectivity index (χ2n) is 4.58. The molecule has 0 aliphatic rings. The summed E-state index contributed by atoms with van der Waals surface area (Å²) < 4.78 is 1.56. The summed E-state index contributed by atoms with van der Waals surface area (Å²) in [5.74, 6) is 0.0479. The normalized spacial score (nSPS) is 17.7. The minimum Gasteiger partial charge on any atom is -0.394 e. The first-order valence-electron chi connectivity index (χ1n) is 6.03. The fourth-order valence-corrected chi connectivity index (χ4v) is 2.52. The average molecular weight is 426 g/mol. The summed E-state index contributed by atoms with van der Waals surface area (Å²) in [5, 5.41) is 47.5. The molecule has 0 saturated carbocycles. The highest BCUT2D eigenvalue weighted by Crippen LogP contribution is 2.29. The van der Waals surface area contributed by atoms with Crippen LogP contribution in [0.15, 0.2) is 21.1 Å². The number of fused-ring (bicyclic) bond motifs is 1. The summed E-state index contributed by atoms with van der Waals surface area (Å²) >= 11 is 6.67. The number of aromatic amines is 1. The quantitative estimate of drug-likeness (QED) is 0.405. The molecule has 1 heterocycles. The Hall–Kier alpha value is -0.550. The van der Waals surface area contributed by atoms with E-state index in [4.69, 9.17) is 5.11 Å². The summed E-state index contributed by atoms with van der Waals surface area (Å²) in [6.45, 7) is -0.731. The highest BCUT2D eigenvalue weighted by Gasteiger charge is 2.32. The standard InChI is InChI=1S/C12H14Br2N2O5/c13-4-1-6-7(2-5(4)14)16-12(15-6)11(21)10(20)9(19)8(18)3-17/h1-2,8-11,17-21H,3H2,(H,15,16)/t8?,9?,10?,11-/m1/s1. The van der Waals surface area contributed by atoms with Gasteiger partial charge in [-0.2, -0.15) is 0 Å². The molecule has 0 fully saturated rings. The van der Waals surface area contributed by atoms with Crippen LogP contribution in [-0.2, 0) is 0 Å². The van der Waals surface area contributed by atoms with Crippen LogP contribution in [0.5, 0.6) is 0 Å². The molecule has 6 N–H and O–H groups in total. The van der Waals surface area contributed by atoms with Gasteiger partial charge in [-0.15, -0.1) is 0 Å². The molecule has 0 aliphatic heterocycles. The van der Waals surface area contributed by atoms with Gasteiger partial charge in [-0.1, -0.05) is 0 Å². The molecular formula is C12H14Br2N2O5. The number of aliphatic hydroxyl groups is 5. The van der Waals surface area contributed by atoms with E-state index in [1.165, 1.54) is 0 Å². The van der Waals surface area contributed by atoms with Crippen LogP contribution in [0.1, 0.15) is 11.9 Å². The predicted octanol–water partition coefficient (Wildman–Crippen LogP) is 0.196. The molecule has 1 aromatic carbocycles. The zero-order valence-electron chi connectivity index (χ0n) is 10.6. The molecule has 0 saturated heterocycles. The Morgan fingerprint density at radius 3 is 2.29 bits per heavy atom. The van der Waals surface area contributed by atoms with Gasteiger partial charge in [0.2, 0.25) is 0 Å². The van der Waals surface area contributed by atoms with Crippen molar-refractivity contribution in [1.29, 1.82) is 0 Å². The number of benzene rings is 1. The molecule has 0 amide bonds. The van der Waals surface area contributed by atoms with Crippen LogP contribution < -0.4 is 0 Å². The van der Waals surface area contributed by atoms with Gasteiger partial charge in [0.25, 0.3) is 0 Å². The number of hydrogen-bond donors (Lipinski definition) is 6. The number of imidazole rings is 1. The molecule has 1 aromatic heterocycles. The number of halogens is 2. The SMILES string of the molecule is OCC(O)C(O)C(O)[C@@H](O)c1nc2cc(Br)c(Br)cc2[nH]1. The lowest BCUT2D eigenvalue weighted by Crippen LogP contribution is -2.42. The van der Waals surface area contributed by atoms with Gasteiger partial charge in [-0.3, -0.25) is 0 Å². The molecule has 9 heteroatoms. The van der Waals surface area contributed by atoms with Crippen molar-refractivity contribution in [2.75, 3.05) is 6.61 Å². The van der Waals surface area contributed by atoms with Crippen molar-refractivity contribution in [3.8, 4) is 0 Å². The van der Waals surface area contributed by atoms with Gasteiger partial charge in [0.05, 0.1) is 17.6 Å². The Labute approximate surface area is 136 Å². The van der Waals surface area contributed by atoms with Crippen LogP contribution in [0, 0.1) is 0 Å². The summed E-state index contributed by atoms with van der Waals surface area (Å²) in [6, 6.07) is 3.46. The minimum absolute atomic E-state index is 0.0479. The van der Waals surface area contributed by atoms with Crippen molar-refractivity contribution >= 4 is 42.9 Å². The van der Waals surface area contributed by atoms with Gasteiger partial charge in [0.15, 0.2) is 0 Å². The lowest BCUT2D eigenvalue weighted by atomic mass is 10.0. The topological polar surface area (TPSA) is 130 Å². The number of aliphatic hydroxyl groups excluding tert-OH is 5. The number of rotatable bonds is 5. The van der Waals surface area contributed by atoms with E-state index in [2.05, 4.69) is 41.8 Å². The van der Waals surface area contributed by atoms with Gasteiger partial charge < -0.3 is 30.5 Å². The third-order valence-corrected chi connectivity index (χ3v) is 4.92. The Bertz CT molecular complexity index is 596. The monoisotopic (exact) mass is 424 g/mol. The van der Waals surface area contributed by atoms with Crippen LogP contribution >= 0.6 is 31.9 Å². The molecule has 0 spiro atoms. The third kappa shape index (κ3) is 3.45. The fraction of sp³-hybridized carbons (Fsp3) is 0.417. The second-order valence-corrected chi connectivity index (χ2v) is 6.29. The third-order valence-electron chi connectivity index (χ3n) is 3.08. The second kappa shape index (κ2) is 6.69. The minimum atomic E-state index is -1.70. The maximum absolute atomic E-state index is 10.0. The van der Waals surface area contributed by atoms with Gasteiger partial charge in [0.1, 0.15) is 30.2 Å². The average Bonchev–Trinajstić information content (AvgIpc) is 2.87. The Morgan fingerprint density at radius 1 is 1.05 bits per heavy atom. The van der Waals surface area contributed by atoms with Crippen molar-refractivity contribution < 1.29 is 25.5 Å². The Morgan fingerprint density at radius 2 is 1.67 bits per heavy atom. The molecule has 21 heavy (non-hydrogen) atoms. The van der Waals surface area contributed by atoms with Gasteiger partial charge in [-0.05, 0) is 44.0 Å². The fourth-order valence-electron chi connectivity index (χ4n) is 1.85. The zero-order valence-corrected chi connectivity index (χ0v) is 13.8. The van der Waals surface area contributed by atoms with E-state index in [0.29, 0.717) is 11.0 Å². The largest absolute Gasteiger partial charge is 0.394 e. The predicted molar refractivity (Wildman–Crippen MR) is 81.6 cm³/mol. The number of aromatic nitrogens is 2. The van der Waals surface area contributed by atoms with E-state index in [-0.39, 0.29) is 5.82 Å². The summed E-state index contributed by atoms with van der Waals surface area (Å²) in [4.78, 5) is 6.96. The number of hydrogen-bond acceptors (Lipinski definition) is 6. The maximum Gasteiger partial charge on any atom is 0.140 e. The molecular weight excluding hydrogens is 412 g/mol. The van der Waals surface area contributed by atoms with E-state index in [0.717, 1.165) is 8.95 Å². The maximum atomic E-state index is 10.0. The first kappa shape index (κ1) is 16.8. The van der Waals surface area contributed by atoms with E-state index < -0.39 is 31.0 Å². The highest BCUT2D eigenvalue weighted by molar-refractivity contribution is 9.13. The summed E-state index contributed by atoms with van der Waals surface area (Å²) in [7, 11) is 0. The Kier molecular flexibility index (Phi) is 5.36. The van der Waals surface area contributed by atoms with Crippen LogP contribution in [0.2, 0.25) is 0 Å². The number of nitrogens with zero attached hydrogens (tertiary/aromatic N) is 1. The lowest BCUT2D eigenvalue weighted by Gasteiger charge is -2.24. The van der Waals surface area contributed by atoms with Gasteiger partial charge >= 0.3 is 0 Å². The van der Waals surface area contributed by atoms with Crippen LogP contribution in [0.3, 0.4) is 0 Å². The smallest absolute Gasteiger partial charge is 0.140 e. The van der Waals surface area contributed by atoms with Crippen molar-refractivity contribution in [3.05, 3.63) is 26.9 Å². The first-order chi connectivity index (χ1) is 9.85. The molecule has 7 nitrogen and oxygen atoms in total. The van der Waals surface area contributed by atoms with Crippen LogP contribution in [-0.4, -0.2) is 60.4 Å². The van der Waals surface area contributed by atoms with E-state index >= 15 is 0 Å². The van der Waals surface area contributed by atoms with Crippen molar-refractivity contribution in [1.82, 2.24) is 9.97 Å². The van der Waals surface area contributed by atoms with E-state index in [9.17, 15) is 20.4 Å². The van der Waals surface area contributed by atoms with E-state index in [1.807, 2.05) is 0 Å². The molecule has 2 aromatic rings. The number of nitrogens with one attached hydrogen (secondary N) is 1. The van der Waals surface area contributed by atoms with Crippen molar-refractivity contribution in [3.63, 3.8) is 0 Å². The highest BCUT2D eigenvalue weighted by atomic mass is 79.9. The van der Waals surface area contributed by atoms with Crippen LogP contribution in [0.25, 0.3) is 11.0 Å². The van der Waals surface area contributed by atoms with Crippen LogP contribution in [0.4, 0.5) is 0 Å². The molecule has 2 rings (SSSR count). The molecule has 4 atom stereocenters. The summed E-state index contributed by atoms with van der Waals surface area (Å²) in [6.07, 6.45) is -6.48. The van der Waals surface area contributed by atoms with Gasteiger partial charge in [-0.25, -0.2) is 4.98 Å². The number of H-pyrrole nitrogens is 1. The molecule has 3 unspecified atom stereocenters. The van der Waals surface area contributed by atoms with Crippen molar-refractivity contribution in [2.24, 2.45) is 0 Å². The zero-order chi connectivity index (χ0) is 15.7. The molecule has 0 bridgehead atoms. The van der Waals surface area contributed by atoms with Gasteiger partial charge in [0, 0.05) is 8.95 Å².